The number of para-hydroxylation sites is 2. The largest absolute Gasteiger partial charge is 0.456 e. The Morgan fingerprint density at radius 2 is 1.33 bits per heavy atom. The quantitative estimate of drug-likeness (QED) is 0.182. The first-order valence-electron chi connectivity index (χ1n) is 18.1. The van der Waals surface area contributed by atoms with Crippen molar-refractivity contribution < 1.29 is 4.42 Å². The second kappa shape index (κ2) is 9.56. The van der Waals surface area contributed by atoms with Gasteiger partial charge in [-0.05, 0) is 86.5 Å². The van der Waals surface area contributed by atoms with E-state index in [0.717, 1.165) is 11.2 Å². The van der Waals surface area contributed by atoms with Crippen LogP contribution in [0.4, 0.5) is 0 Å². The van der Waals surface area contributed by atoms with Crippen LogP contribution in [0.25, 0.3) is 77.3 Å². The molecule has 8 aromatic rings. The van der Waals surface area contributed by atoms with Crippen molar-refractivity contribution in [2.45, 2.75) is 19.3 Å². The van der Waals surface area contributed by atoms with Crippen molar-refractivity contribution in [3.63, 3.8) is 0 Å². The van der Waals surface area contributed by atoms with Gasteiger partial charge in [0.25, 0.3) is 0 Å². The highest BCUT2D eigenvalue weighted by molar-refractivity contribution is 6.17. The standard InChI is InChI=1S/C49H33NO/c1-49(2)41-24-23-38-33-15-5-7-19-43(33)50(48(38)47(41)40-26-39-34-16-6-8-20-44(34)51-45(39)27-42(40)49)29-12-9-11-28(25-29)30-21-22-37-32-14-4-3-13-31(32)36-18-10-17-35(30)46(36)37/h3-27,35,46H,1-2H3. The molecular formula is C49H33NO. The molecule has 0 N–H and O–H groups in total. The molecule has 2 unspecified atom stereocenters. The Balaban J connectivity index is 1.10. The molecule has 51 heavy (non-hydrogen) atoms. The molecule has 2 heterocycles. The van der Waals surface area contributed by atoms with E-state index in [9.17, 15) is 0 Å². The van der Waals surface area contributed by atoms with Crippen molar-refractivity contribution in [2.75, 3.05) is 0 Å². The van der Waals surface area contributed by atoms with Gasteiger partial charge in [-0.1, -0.05) is 129 Å². The number of hydrogen-bond donors (Lipinski definition) is 0. The lowest BCUT2D eigenvalue weighted by atomic mass is 9.72. The molecule has 0 spiro atoms. The second-order valence-corrected chi connectivity index (χ2v) is 15.2. The molecule has 0 aliphatic heterocycles. The van der Waals surface area contributed by atoms with Crippen LogP contribution >= 0.6 is 0 Å². The van der Waals surface area contributed by atoms with E-state index in [2.05, 4.69) is 170 Å². The van der Waals surface area contributed by atoms with E-state index in [4.69, 9.17) is 4.42 Å². The molecule has 2 heteroatoms. The summed E-state index contributed by atoms with van der Waals surface area (Å²) in [6.45, 7) is 4.73. The Morgan fingerprint density at radius 3 is 2.22 bits per heavy atom. The summed E-state index contributed by atoms with van der Waals surface area (Å²) in [7, 11) is 0. The zero-order valence-corrected chi connectivity index (χ0v) is 28.4. The zero-order chi connectivity index (χ0) is 33.6. The third-order valence-electron chi connectivity index (χ3n) is 12.4. The molecule has 6 aromatic carbocycles. The molecule has 0 saturated carbocycles. The van der Waals surface area contributed by atoms with Crippen LogP contribution in [0.1, 0.15) is 41.7 Å². The number of nitrogens with zero attached hydrogens (tertiary/aromatic N) is 1. The molecule has 240 valence electrons. The van der Waals surface area contributed by atoms with E-state index in [1.807, 2.05) is 0 Å². The Hall–Kier alpha value is -6.12. The first-order chi connectivity index (χ1) is 25.1. The highest BCUT2D eigenvalue weighted by Crippen LogP contribution is 2.57. The summed E-state index contributed by atoms with van der Waals surface area (Å²) in [4.78, 5) is 0. The molecule has 2 atom stereocenters. The minimum absolute atomic E-state index is 0.177. The summed E-state index contributed by atoms with van der Waals surface area (Å²) < 4.78 is 8.96. The van der Waals surface area contributed by atoms with E-state index < -0.39 is 0 Å². The number of allylic oxidation sites excluding steroid dienone is 8. The number of hydrogen-bond acceptors (Lipinski definition) is 1. The van der Waals surface area contributed by atoms with E-state index in [1.165, 1.54) is 93.9 Å². The smallest absolute Gasteiger partial charge is 0.135 e. The zero-order valence-electron chi connectivity index (χ0n) is 28.4. The predicted molar refractivity (Wildman–Crippen MR) is 212 cm³/mol. The van der Waals surface area contributed by atoms with Gasteiger partial charge >= 0.3 is 0 Å². The molecule has 4 aliphatic carbocycles. The first-order valence-corrected chi connectivity index (χ1v) is 18.1. The van der Waals surface area contributed by atoms with Gasteiger partial charge in [0, 0.05) is 50.0 Å². The summed E-state index contributed by atoms with van der Waals surface area (Å²) in [6, 6.07) is 45.0. The van der Waals surface area contributed by atoms with Gasteiger partial charge in [0.05, 0.1) is 11.0 Å². The Labute approximate surface area is 296 Å². The van der Waals surface area contributed by atoms with Crippen LogP contribution in [0.5, 0.6) is 0 Å². The topological polar surface area (TPSA) is 18.1 Å². The third-order valence-corrected chi connectivity index (χ3v) is 12.4. The van der Waals surface area contributed by atoms with Gasteiger partial charge in [-0.15, -0.1) is 0 Å². The van der Waals surface area contributed by atoms with E-state index >= 15 is 0 Å². The average Bonchev–Trinajstić information content (AvgIpc) is 3.87. The first kappa shape index (κ1) is 27.7. The van der Waals surface area contributed by atoms with Crippen LogP contribution < -0.4 is 0 Å². The van der Waals surface area contributed by atoms with Gasteiger partial charge in [-0.3, -0.25) is 0 Å². The lowest BCUT2D eigenvalue weighted by Gasteiger charge is -2.31. The normalized spacial score (nSPS) is 19.2. The summed E-state index contributed by atoms with van der Waals surface area (Å²) >= 11 is 0. The van der Waals surface area contributed by atoms with E-state index in [1.54, 1.807) is 0 Å². The molecule has 4 aliphatic rings. The number of aromatic nitrogens is 1. The fourth-order valence-corrected chi connectivity index (χ4v) is 10.1. The van der Waals surface area contributed by atoms with Crippen molar-refractivity contribution in [3.05, 3.63) is 180 Å². The molecule has 0 fully saturated rings. The van der Waals surface area contributed by atoms with Gasteiger partial charge < -0.3 is 8.98 Å². The molecule has 0 saturated heterocycles. The van der Waals surface area contributed by atoms with E-state index in [0.29, 0.717) is 11.8 Å². The third kappa shape index (κ3) is 3.47. The number of furan rings is 1. The summed E-state index contributed by atoms with van der Waals surface area (Å²) in [6.07, 6.45) is 11.8. The SMILES string of the molecule is CC1(C)c2cc3oc4ccccc4c3cc2-c2c1ccc1c3ccccc3n(-c3cccc(C4=CC=C5c6ccccc6C6=CC=CC4C65)c3)c21. The molecular weight excluding hydrogens is 619 g/mol. The Morgan fingerprint density at radius 1 is 0.569 bits per heavy atom. The van der Waals surface area contributed by atoms with Crippen LogP contribution in [0.2, 0.25) is 0 Å². The van der Waals surface area contributed by atoms with Gasteiger partial charge in [0.2, 0.25) is 0 Å². The van der Waals surface area contributed by atoms with Crippen LogP contribution in [0, 0.1) is 11.8 Å². The fraction of sp³-hybridized carbons (Fsp3) is 0.102. The van der Waals surface area contributed by atoms with E-state index in [-0.39, 0.29) is 5.41 Å². The Kier molecular flexibility index (Phi) is 5.19. The molecule has 12 rings (SSSR count). The summed E-state index contributed by atoms with van der Waals surface area (Å²) in [5.41, 5.74) is 19.1. The van der Waals surface area contributed by atoms with Gasteiger partial charge in [-0.25, -0.2) is 0 Å². The monoisotopic (exact) mass is 651 g/mol. The van der Waals surface area contributed by atoms with Gasteiger partial charge in [0.15, 0.2) is 0 Å². The van der Waals surface area contributed by atoms with Crippen LogP contribution in [-0.2, 0) is 5.41 Å². The minimum Gasteiger partial charge on any atom is -0.456 e. The van der Waals surface area contributed by atoms with Crippen LogP contribution in [-0.4, -0.2) is 4.57 Å². The molecule has 0 bridgehead atoms. The summed E-state index contributed by atoms with van der Waals surface area (Å²) in [5.74, 6) is 0.664. The fourth-order valence-electron chi connectivity index (χ4n) is 10.1. The second-order valence-electron chi connectivity index (χ2n) is 15.2. The van der Waals surface area contributed by atoms with Crippen LogP contribution in [0.15, 0.2) is 156 Å². The van der Waals surface area contributed by atoms with Crippen molar-refractivity contribution in [1.29, 1.82) is 0 Å². The maximum absolute atomic E-state index is 6.42. The van der Waals surface area contributed by atoms with Crippen LogP contribution in [0.3, 0.4) is 0 Å². The lowest BCUT2D eigenvalue weighted by Crippen LogP contribution is -2.18. The minimum atomic E-state index is -0.177. The van der Waals surface area contributed by atoms with Crippen molar-refractivity contribution in [3.8, 4) is 16.8 Å². The molecule has 0 radical (unpaired) electrons. The summed E-state index contributed by atoms with van der Waals surface area (Å²) in [5, 5.41) is 4.91. The number of fused-ring (bicyclic) bond motifs is 13. The highest BCUT2D eigenvalue weighted by atomic mass is 16.3. The number of rotatable bonds is 2. The van der Waals surface area contributed by atoms with Crippen molar-refractivity contribution >= 4 is 60.5 Å². The van der Waals surface area contributed by atoms with Crippen molar-refractivity contribution in [2.24, 2.45) is 11.8 Å². The van der Waals surface area contributed by atoms with Gasteiger partial charge in [0.1, 0.15) is 11.2 Å². The predicted octanol–water partition coefficient (Wildman–Crippen LogP) is 12.7. The average molecular weight is 652 g/mol. The molecule has 2 nitrogen and oxygen atoms in total. The van der Waals surface area contributed by atoms with Gasteiger partial charge in [-0.2, -0.15) is 0 Å². The maximum atomic E-state index is 6.42. The maximum Gasteiger partial charge on any atom is 0.135 e. The lowest BCUT2D eigenvalue weighted by molar-refractivity contribution is 0.647. The highest BCUT2D eigenvalue weighted by Gasteiger charge is 2.41. The molecule has 2 aromatic heterocycles. The van der Waals surface area contributed by atoms with Crippen molar-refractivity contribution in [1.82, 2.24) is 4.57 Å². The Bertz CT molecular complexity index is 3010. The number of benzene rings is 6. The molecule has 0 amide bonds.